The molecule has 19 heavy (non-hydrogen) atoms. The van der Waals surface area contributed by atoms with Crippen LogP contribution in [0.2, 0.25) is 0 Å². The number of carbonyl (C=O) groups excluding carboxylic acids is 1. The van der Waals surface area contributed by atoms with Crippen molar-refractivity contribution in [2.45, 2.75) is 31.8 Å². The molecule has 1 N–H and O–H groups in total. The second-order valence-electron chi connectivity index (χ2n) is 4.76. The number of methoxy groups -OCH3 is 1. The van der Waals surface area contributed by atoms with E-state index < -0.39 is 0 Å². The van der Waals surface area contributed by atoms with Crippen molar-refractivity contribution < 1.29 is 9.53 Å². The van der Waals surface area contributed by atoms with Crippen LogP contribution in [0.4, 0.5) is 0 Å². The average molecular weight is 260 g/mol. The van der Waals surface area contributed by atoms with E-state index in [1.165, 1.54) is 26.4 Å². The number of nitrogens with zero attached hydrogens (tertiary/aromatic N) is 3. The molecule has 0 atom stereocenters. The highest BCUT2D eigenvalue weighted by Gasteiger charge is 2.17. The van der Waals surface area contributed by atoms with E-state index in [0.29, 0.717) is 23.8 Å². The first-order valence-corrected chi connectivity index (χ1v) is 6.43. The highest BCUT2D eigenvalue weighted by Crippen LogP contribution is 2.18. The van der Waals surface area contributed by atoms with Crippen LogP contribution in [0.15, 0.2) is 18.3 Å². The third-order valence-corrected chi connectivity index (χ3v) is 3.56. The SMILES string of the molecule is COC(=O)c1ccn2c(CNC3CCC3)nnc2c1. The number of esters is 1. The Labute approximate surface area is 110 Å². The molecule has 2 heterocycles. The van der Waals surface area contributed by atoms with Crippen LogP contribution >= 0.6 is 0 Å². The summed E-state index contributed by atoms with van der Waals surface area (Å²) < 4.78 is 6.57. The molecule has 0 bridgehead atoms. The molecule has 1 saturated carbocycles. The monoisotopic (exact) mass is 260 g/mol. The first-order chi connectivity index (χ1) is 9.28. The molecule has 2 aromatic heterocycles. The van der Waals surface area contributed by atoms with Crippen LogP contribution in [0.5, 0.6) is 0 Å². The molecule has 0 amide bonds. The van der Waals surface area contributed by atoms with Crippen molar-refractivity contribution in [3.63, 3.8) is 0 Å². The minimum Gasteiger partial charge on any atom is -0.465 e. The van der Waals surface area contributed by atoms with E-state index in [9.17, 15) is 4.79 Å². The van der Waals surface area contributed by atoms with Gasteiger partial charge in [0.1, 0.15) is 0 Å². The number of ether oxygens (including phenoxy) is 1. The van der Waals surface area contributed by atoms with Gasteiger partial charge in [0, 0.05) is 12.2 Å². The molecule has 2 aromatic rings. The highest BCUT2D eigenvalue weighted by atomic mass is 16.5. The van der Waals surface area contributed by atoms with Gasteiger partial charge in [-0.2, -0.15) is 0 Å². The fourth-order valence-electron chi connectivity index (χ4n) is 2.15. The van der Waals surface area contributed by atoms with E-state index in [-0.39, 0.29) is 5.97 Å². The fraction of sp³-hybridized carbons (Fsp3) is 0.462. The topological polar surface area (TPSA) is 68.5 Å². The Hall–Kier alpha value is -1.95. The van der Waals surface area contributed by atoms with Gasteiger partial charge in [0.05, 0.1) is 19.2 Å². The lowest BCUT2D eigenvalue weighted by Gasteiger charge is -2.26. The van der Waals surface area contributed by atoms with Gasteiger partial charge in [-0.1, -0.05) is 6.42 Å². The van der Waals surface area contributed by atoms with E-state index in [2.05, 4.69) is 20.3 Å². The van der Waals surface area contributed by atoms with Gasteiger partial charge in [0.15, 0.2) is 11.5 Å². The molecule has 0 saturated heterocycles. The summed E-state index contributed by atoms with van der Waals surface area (Å²) >= 11 is 0. The van der Waals surface area contributed by atoms with Crippen molar-refractivity contribution >= 4 is 11.6 Å². The molecule has 6 heteroatoms. The molecule has 1 aliphatic carbocycles. The Balaban J connectivity index is 1.80. The normalized spacial score (nSPS) is 15.4. The van der Waals surface area contributed by atoms with Gasteiger partial charge in [-0.3, -0.25) is 4.40 Å². The number of carbonyl (C=O) groups is 1. The van der Waals surface area contributed by atoms with Gasteiger partial charge < -0.3 is 10.1 Å². The van der Waals surface area contributed by atoms with Crippen molar-refractivity contribution in [3.8, 4) is 0 Å². The molecular weight excluding hydrogens is 244 g/mol. The zero-order chi connectivity index (χ0) is 13.2. The number of hydrogen-bond acceptors (Lipinski definition) is 5. The molecule has 0 radical (unpaired) electrons. The lowest BCUT2D eigenvalue weighted by molar-refractivity contribution is 0.0600. The van der Waals surface area contributed by atoms with Gasteiger partial charge in [0.2, 0.25) is 0 Å². The lowest BCUT2D eigenvalue weighted by Crippen LogP contribution is -2.35. The van der Waals surface area contributed by atoms with Crippen LogP contribution < -0.4 is 5.32 Å². The molecular formula is C13H16N4O2. The zero-order valence-electron chi connectivity index (χ0n) is 10.8. The molecule has 0 spiro atoms. The standard InChI is InChI=1S/C13H16N4O2/c1-19-13(18)9-5-6-17-11(7-9)15-16-12(17)8-14-10-3-2-4-10/h5-7,10,14H,2-4,8H2,1H3. The molecule has 6 nitrogen and oxygen atoms in total. The summed E-state index contributed by atoms with van der Waals surface area (Å²) in [6, 6.07) is 4.02. The van der Waals surface area contributed by atoms with E-state index >= 15 is 0 Å². The predicted octanol–water partition coefficient (Wildman–Crippen LogP) is 1.16. The molecule has 0 aromatic carbocycles. The molecule has 1 fully saturated rings. The molecule has 100 valence electrons. The van der Waals surface area contributed by atoms with E-state index in [1.54, 1.807) is 18.3 Å². The number of fused-ring (bicyclic) bond motifs is 1. The third kappa shape index (κ3) is 2.31. The summed E-state index contributed by atoms with van der Waals surface area (Å²) in [5.74, 6) is 0.498. The van der Waals surface area contributed by atoms with Gasteiger partial charge in [-0.15, -0.1) is 10.2 Å². The van der Waals surface area contributed by atoms with Crippen molar-refractivity contribution in [1.82, 2.24) is 19.9 Å². The summed E-state index contributed by atoms with van der Waals surface area (Å²) in [4.78, 5) is 11.4. The van der Waals surface area contributed by atoms with Gasteiger partial charge in [0.25, 0.3) is 0 Å². The minimum absolute atomic E-state index is 0.361. The van der Waals surface area contributed by atoms with Crippen molar-refractivity contribution in [3.05, 3.63) is 29.7 Å². The second-order valence-corrected chi connectivity index (χ2v) is 4.76. The summed E-state index contributed by atoms with van der Waals surface area (Å²) in [7, 11) is 1.37. The Bertz CT molecular complexity index is 604. The smallest absolute Gasteiger partial charge is 0.338 e. The summed E-state index contributed by atoms with van der Waals surface area (Å²) in [5.41, 5.74) is 1.15. The first-order valence-electron chi connectivity index (χ1n) is 6.43. The van der Waals surface area contributed by atoms with E-state index in [4.69, 9.17) is 0 Å². The maximum Gasteiger partial charge on any atom is 0.338 e. The van der Waals surface area contributed by atoms with Crippen molar-refractivity contribution in [2.75, 3.05) is 7.11 Å². The minimum atomic E-state index is -0.361. The summed E-state index contributed by atoms with van der Waals surface area (Å²) in [6.45, 7) is 0.698. The molecule has 3 rings (SSSR count). The zero-order valence-corrected chi connectivity index (χ0v) is 10.8. The van der Waals surface area contributed by atoms with Crippen molar-refractivity contribution in [2.24, 2.45) is 0 Å². The van der Waals surface area contributed by atoms with E-state index in [0.717, 1.165) is 5.82 Å². The summed E-state index contributed by atoms with van der Waals surface area (Å²) in [6.07, 6.45) is 5.59. The Morgan fingerprint density at radius 1 is 1.53 bits per heavy atom. The van der Waals surface area contributed by atoms with Crippen LogP contribution in [0.25, 0.3) is 5.65 Å². The Morgan fingerprint density at radius 2 is 2.37 bits per heavy atom. The Kier molecular flexibility index (Phi) is 3.16. The quantitative estimate of drug-likeness (QED) is 0.835. The summed E-state index contributed by atoms with van der Waals surface area (Å²) in [5, 5.41) is 11.7. The largest absolute Gasteiger partial charge is 0.465 e. The van der Waals surface area contributed by atoms with Crippen LogP contribution in [0.1, 0.15) is 35.4 Å². The number of aromatic nitrogens is 3. The lowest BCUT2D eigenvalue weighted by atomic mass is 9.93. The predicted molar refractivity (Wildman–Crippen MR) is 68.8 cm³/mol. The number of nitrogens with one attached hydrogen (secondary N) is 1. The number of rotatable bonds is 4. The maximum atomic E-state index is 11.4. The molecule has 1 aliphatic rings. The van der Waals surface area contributed by atoms with Crippen LogP contribution in [0, 0.1) is 0 Å². The van der Waals surface area contributed by atoms with Gasteiger partial charge >= 0.3 is 5.97 Å². The molecule has 0 unspecified atom stereocenters. The second kappa shape index (κ2) is 4.97. The highest BCUT2D eigenvalue weighted by molar-refractivity contribution is 5.90. The van der Waals surface area contributed by atoms with E-state index in [1.807, 2.05) is 4.40 Å². The van der Waals surface area contributed by atoms with Crippen LogP contribution in [0.3, 0.4) is 0 Å². The van der Waals surface area contributed by atoms with Crippen molar-refractivity contribution in [1.29, 1.82) is 0 Å². The first kappa shape index (κ1) is 12.1. The van der Waals surface area contributed by atoms with Crippen LogP contribution in [-0.2, 0) is 11.3 Å². The maximum absolute atomic E-state index is 11.4. The molecule has 0 aliphatic heterocycles. The van der Waals surface area contributed by atoms with Crippen LogP contribution in [-0.4, -0.2) is 33.7 Å². The third-order valence-electron chi connectivity index (χ3n) is 3.56. The number of pyridine rings is 1. The fourth-order valence-corrected chi connectivity index (χ4v) is 2.15. The Morgan fingerprint density at radius 3 is 3.05 bits per heavy atom. The van der Waals surface area contributed by atoms with Gasteiger partial charge in [-0.25, -0.2) is 4.79 Å². The van der Waals surface area contributed by atoms with Gasteiger partial charge in [-0.05, 0) is 25.0 Å². The average Bonchev–Trinajstić information content (AvgIpc) is 2.78. The number of hydrogen-bond donors (Lipinski definition) is 1.